The normalized spacial score (nSPS) is 14.8. The lowest BCUT2D eigenvalue weighted by Crippen LogP contribution is -2.51. The molecule has 7 nitrogen and oxygen atoms in total. The molecule has 0 atom stereocenters. The van der Waals surface area contributed by atoms with Crippen molar-refractivity contribution in [2.45, 2.75) is 11.3 Å². The quantitative estimate of drug-likeness (QED) is 0.572. The minimum atomic E-state index is -3.81. The van der Waals surface area contributed by atoms with Gasteiger partial charge in [-0.2, -0.15) is 9.57 Å². The lowest BCUT2D eigenvalue weighted by Gasteiger charge is -2.34. The lowest BCUT2D eigenvalue weighted by molar-refractivity contribution is -0.131. The zero-order valence-corrected chi connectivity index (χ0v) is 18.6. The Morgan fingerprint density at radius 2 is 1.88 bits per heavy atom. The van der Waals surface area contributed by atoms with E-state index in [1.165, 1.54) is 39.9 Å². The van der Waals surface area contributed by atoms with Gasteiger partial charge in [0.15, 0.2) is 0 Å². The van der Waals surface area contributed by atoms with Crippen LogP contribution in [0.4, 0.5) is 4.39 Å². The van der Waals surface area contributed by atoms with E-state index >= 15 is 0 Å². The van der Waals surface area contributed by atoms with Crippen LogP contribution >= 0.6 is 11.3 Å². The van der Waals surface area contributed by atoms with E-state index < -0.39 is 10.0 Å². The third-order valence-electron chi connectivity index (χ3n) is 5.17. The lowest BCUT2D eigenvalue weighted by atomic mass is 10.2. The van der Waals surface area contributed by atoms with Gasteiger partial charge in [-0.1, -0.05) is 24.3 Å². The number of aromatic nitrogens is 1. The van der Waals surface area contributed by atoms with Crippen LogP contribution in [-0.4, -0.2) is 54.7 Å². The number of piperazine rings is 1. The number of nitrogens with zero attached hydrogens (tertiary/aromatic N) is 4. The van der Waals surface area contributed by atoms with E-state index in [4.69, 9.17) is 0 Å². The summed E-state index contributed by atoms with van der Waals surface area (Å²) >= 11 is 1.34. The first-order valence-electron chi connectivity index (χ1n) is 9.86. The Balaban J connectivity index is 1.39. The standard InChI is InChI=1S/C22H19FN4O3S2/c23-18-6-3-5-16(12-18)22-25-19(15-31-22)13-21(28)26-8-10-27(11-9-26)32(29,30)20-7-2-1-4-17(20)14-24/h1-7,12,15H,8-11,13H2. The molecule has 32 heavy (non-hydrogen) atoms. The summed E-state index contributed by atoms with van der Waals surface area (Å²) in [5.74, 6) is -0.490. The Kier molecular flexibility index (Phi) is 6.32. The molecule has 10 heteroatoms. The van der Waals surface area contributed by atoms with Gasteiger partial charge in [0, 0.05) is 37.1 Å². The highest BCUT2D eigenvalue weighted by molar-refractivity contribution is 7.89. The Morgan fingerprint density at radius 1 is 1.12 bits per heavy atom. The molecule has 1 fully saturated rings. The Hall–Kier alpha value is -3.13. The number of benzene rings is 2. The van der Waals surface area contributed by atoms with Gasteiger partial charge in [0.25, 0.3) is 0 Å². The summed E-state index contributed by atoms with van der Waals surface area (Å²) in [5.41, 5.74) is 1.35. The van der Waals surface area contributed by atoms with Gasteiger partial charge >= 0.3 is 0 Å². The summed E-state index contributed by atoms with van der Waals surface area (Å²) < 4.78 is 40.6. The van der Waals surface area contributed by atoms with Crippen LogP contribution in [0.3, 0.4) is 0 Å². The molecule has 0 unspecified atom stereocenters. The summed E-state index contributed by atoms with van der Waals surface area (Å²) in [4.78, 5) is 18.7. The number of thiazole rings is 1. The molecule has 4 rings (SSSR count). The Labute approximate surface area is 189 Å². The van der Waals surface area contributed by atoms with Gasteiger partial charge in [-0.05, 0) is 24.3 Å². The molecule has 3 aromatic rings. The van der Waals surface area contributed by atoms with Crippen LogP contribution in [0.1, 0.15) is 11.3 Å². The smallest absolute Gasteiger partial charge is 0.244 e. The molecule has 1 aliphatic rings. The van der Waals surface area contributed by atoms with Crippen molar-refractivity contribution in [2.75, 3.05) is 26.2 Å². The maximum absolute atomic E-state index is 13.4. The van der Waals surface area contributed by atoms with E-state index in [9.17, 15) is 22.9 Å². The molecule has 0 N–H and O–H groups in total. The number of amides is 1. The fourth-order valence-corrected chi connectivity index (χ4v) is 5.89. The highest BCUT2D eigenvalue weighted by Crippen LogP contribution is 2.25. The van der Waals surface area contributed by atoms with Gasteiger partial charge in [0.2, 0.25) is 15.9 Å². The minimum absolute atomic E-state index is 0.0189. The van der Waals surface area contributed by atoms with E-state index in [1.807, 2.05) is 6.07 Å². The predicted octanol–water partition coefficient (Wildman–Crippen LogP) is 2.90. The molecule has 0 aliphatic carbocycles. The average Bonchev–Trinajstić information content (AvgIpc) is 3.27. The van der Waals surface area contributed by atoms with E-state index in [0.29, 0.717) is 16.3 Å². The molecule has 0 bridgehead atoms. The topological polar surface area (TPSA) is 94.4 Å². The van der Waals surface area contributed by atoms with Crippen molar-refractivity contribution in [1.29, 1.82) is 5.26 Å². The molecule has 0 saturated carbocycles. The molecule has 1 saturated heterocycles. The number of halogens is 1. The Morgan fingerprint density at radius 3 is 2.59 bits per heavy atom. The fraction of sp³-hybridized carbons (Fsp3) is 0.227. The fourth-order valence-electron chi connectivity index (χ4n) is 3.51. The van der Waals surface area contributed by atoms with Crippen LogP contribution in [0.15, 0.2) is 58.8 Å². The molecular weight excluding hydrogens is 451 g/mol. The third-order valence-corrected chi connectivity index (χ3v) is 8.07. The SMILES string of the molecule is N#Cc1ccccc1S(=O)(=O)N1CCN(C(=O)Cc2csc(-c3cccc(F)c3)n2)CC1. The van der Waals surface area contributed by atoms with Crippen LogP contribution < -0.4 is 0 Å². The number of nitriles is 1. The van der Waals surface area contributed by atoms with E-state index in [0.717, 1.165) is 0 Å². The van der Waals surface area contributed by atoms with Crippen molar-refractivity contribution < 1.29 is 17.6 Å². The van der Waals surface area contributed by atoms with Gasteiger partial charge < -0.3 is 4.90 Å². The molecule has 0 radical (unpaired) electrons. The molecule has 2 heterocycles. The van der Waals surface area contributed by atoms with Crippen molar-refractivity contribution in [3.63, 3.8) is 0 Å². The Bertz CT molecular complexity index is 1290. The van der Waals surface area contributed by atoms with Crippen LogP contribution in [-0.2, 0) is 21.2 Å². The summed E-state index contributed by atoms with van der Waals surface area (Å²) in [6, 6.07) is 14.1. The van der Waals surface area contributed by atoms with Crippen LogP contribution in [0, 0.1) is 17.1 Å². The summed E-state index contributed by atoms with van der Waals surface area (Å²) in [6.07, 6.45) is 0.0931. The van der Waals surface area contributed by atoms with Crippen molar-refractivity contribution in [3.05, 3.63) is 71.0 Å². The second-order valence-electron chi connectivity index (χ2n) is 7.22. The zero-order valence-electron chi connectivity index (χ0n) is 16.9. The van der Waals surface area contributed by atoms with Crippen LogP contribution in [0.2, 0.25) is 0 Å². The number of sulfonamides is 1. The minimum Gasteiger partial charge on any atom is -0.340 e. The average molecular weight is 471 g/mol. The molecule has 1 aliphatic heterocycles. The molecule has 0 spiro atoms. The van der Waals surface area contributed by atoms with Crippen LogP contribution in [0.5, 0.6) is 0 Å². The second-order valence-corrected chi connectivity index (χ2v) is 9.99. The first-order chi connectivity index (χ1) is 15.4. The summed E-state index contributed by atoms with van der Waals surface area (Å²) in [6.45, 7) is 0.820. The van der Waals surface area contributed by atoms with Crippen molar-refractivity contribution >= 4 is 27.3 Å². The largest absolute Gasteiger partial charge is 0.340 e. The molecule has 164 valence electrons. The van der Waals surface area contributed by atoms with Gasteiger partial charge in [0.1, 0.15) is 16.9 Å². The summed E-state index contributed by atoms with van der Waals surface area (Å²) in [5, 5.41) is 11.6. The number of carbonyl (C=O) groups is 1. The number of carbonyl (C=O) groups excluding carboxylic acids is 1. The van der Waals surface area contributed by atoms with E-state index in [2.05, 4.69) is 4.98 Å². The zero-order chi connectivity index (χ0) is 22.7. The number of hydrogen-bond acceptors (Lipinski definition) is 6. The van der Waals surface area contributed by atoms with Gasteiger partial charge in [-0.3, -0.25) is 4.79 Å². The molecule has 2 aromatic carbocycles. The van der Waals surface area contributed by atoms with E-state index in [-0.39, 0.29) is 54.8 Å². The molecule has 1 aromatic heterocycles. The predicted molar refractivity (Wildman–Crippen MR) is 118 cm³/mol. The van der Waals surface area contributed by atoms with E-state index in [1.54, 1.807) is 34.5 Å². The highest BCUT2D eigenvalue weighted by Gasteiger charge is 2.31. The van der Waals surface area contributed by atoms with Crippen molar-refractivity contribution in [3.8, 4) is 16.6 Å². The number of hydrogen-bond donors (Lipinski definition) is 0. The second kappa shape index (κ2) is 9.16. The van der Waals surface area contributed by atoms with Crippen LogP contribution in [0.25, 0.3) is 10.6 Å². The van der Waals surface area contributed by atoms with Gasteiger partial charge in [-0.25, -0.2) is 17.8 Å². The van der Waals surface area contributed by atoms with Crippen molar-refractivity contribution in [1.82, 2.24) is 14.2 Å². The monoisotopic (exact) mass is 470 g/mol. The molecule has 1 amide bonds. The first-order valence-corrected chi connectivity index (χ1v) is 12.2. The molecular formula is C22H19FN4O3S2. The van der Waals surface area contributed by atoms with Crippen molar-refractivity contribution in [2.24, 2.45) is 0 Å². The first kappa shape index (κ1) is 22.1. The van der Waals surface area contributed by atoms with Gasteiger partial charge in [-0.15, -0.1) is 11.3 Å². The highest BCUT2D eigenvalue weighted by atomic mass is 32.2. The summed E-state index contributed by atoms with van der Waals surface area (Å²) in [7, 11) is -3.81. The maximum Gasteiger partial charge on any atom is 0.244 e. The van der Waals surface area contributed by atoms with Gasteiger partial charge in [0.05, 0.1) is 22.6 Å². The maximum atomic E-state index is 13.4. The number of rotatable bonds is 5. The third kappa shape index (κ3) is 4.55.